The molecule has 0 unspecified atom stereocenters. The van der Waals surface area contributed by atoms with E-state index >= 15 is 0 Å². The number of hydrogen-bond donors (Lipinski definition) is 1. The average Bonchev–Trinajstić information content (AvgIpc) is 2.45. The first kappa shape index (κ1) is 8.04. The van der Waals surface area contributed by atoms with E-state index in [1.807, 2.05) is 10.7 Å². The molecule has 0 aliphatic heterocycles. The normalized spacial score (nSPS) is 11.3. The predicted molar refractivity (Wildman–Crippen MR) is 52.3 cm³/mol. The number of anilines is 1. The van der Waals surface area contributed by atoms with Crippen molar-refractivity contribution in [3.8, 4) is 0 Å². The third-order valence-electron chi connectivity index (χ3n) is 2.03. The van der Waals surface area contributed by atoms with E-state index in [-0.39, 0.29) is 0 Å². The van der Waals surface area contributed by atoms with Crippen LogP contribution in [0.5, 0.6) is 0 Å². The maximum Gasteiger partial charge on any atom is 0.154 e. The minimum atomic E-state index is 0.321. The SMILES string of the molecule is CC(C)n1nc(N)c2cnccc21. The molecule has 0 saturated carbocycles. The van der Waals surface area contributed by atoms with Crippen LogP contribution in [0.15, 0.2) is 18.5 Å². The van der Waals surface area contributed by atoms with Gasteiger partial charge in [0.1, 0.15) is 0 Å². The van der Waals surface area contributed by atoms with Crippen LogP contribution in [-0.4, -0.2) is 14.8 Å². The number of hydrogen-bond acceptors (Lipinski definition) is 3. The standard InChI is InChI=1S/C9H12N4/c1-6(2)13-8-3-4-11-5-7(8)9(10)12-13/h3-6H,1-2H3,(H2,10,12). The fourth-order valence-corrected chi connectivity index (χ4v) is 1.40. The van der Waals surface area contributed by atoms with Crippen LogP contribution in [0, 0.1) is 0 Å². The monoisotopic (exact) mass is 176 g/mol. The molecule has 0 amide bonds. The fourth-order valence-electron chi connectivity index (χ4n) is 1.40. The van der Waals surface area contributed by atoms with Crippen LogP contribution in [0.2, 0.25) is 0 Å². The van der Waals surface area contributed by atoms with Crippen LogP contribution in [0.25, 0.3) is 10.9 Å². The number of nitrogens with zero attached hydrogens (tertiary/aromatic N) is 3. The van der Waals surface area contributed by atoms with Crippen molar-refractivity contribution in [3.63, 3.8) is 0 Å². The minimum Gasteiger partial charge on any atom is -0.382 e. The number of pyridine rings is 1. The van der Waals surface area contributed by atoms with Gasteiger partial charge < -0.3 is 5.73 Å². The second-order valence-corrected chi connectivity index (χ2v) is 3.32. The van der Waals surface area contributed by atoms with Gasteiger partial charge in [0.2, 0.25) is 0 Å². The Morgan fingerprint density at radius 3 is 2.92 bits per heavy atom. The van der Waals surface area contributed by atoms with Crippen LogP contribution in [0.4, 0.5) is 5.82 Å². The zero-order valence-corrected chi connectivity index (χ0v) is 7.73. The quantitative estimate of drug-likeness (QED) is 0.717. The van der Waals surface area contributed by atoms with E-state index in [9.17, 15) is 0 Å². The zero-order valence-electron chi connectivity index (χ0n) is 7.73. The van der Waals surface area contributed by atoms with Gasteiger partial charge in [-0.15, -0.1) is 0 Å². The van der Waals surface area contributed by atoms with Gasteiger partial charge in [-0.2, -0.15) is 5.10 Å². The number of nitrogens with two attached hydrogens (primary N) is 1. The molecular formula is C9H12N4. The number of rotatable bonds is 1. The van der Waals surface area contributed by atoms with Gasteiger partial charge in [-0.1, -0.05) is 0 Å². The van der Waals surface area contributed by atoms with Gasteiger partial charge in [-0.25, -0.2) is 0 Å². The smallest absolute Gasteiger partial charge is 0.154 e. The molecule has 0 fully saturated rings. The molecule has 2 N–H and O–H groups in total. The fraction of sp³-hybridized carbons (Fsp3) is 0.333. The summed E-state index contributed by atoms with van der Waals surface area (Å²) in [6, 6.07) is 2.25. The molecule has 2 rings (SSSR count). The summed E-state index contributed by atoms with van der Waals surface area (Å²) in [7, 11) is 0. The highest BCUT2D eigenvalue weighted by molar-refractivity contribution is 5.88. The van der Waals surface area contributed by atoms with E-state index in [0.717, 1.165) is 10.9 Å². The Bertz CT molecular complexity index is 430. The molecule has 0 atom stereocenters. The molecule has 2 aromatic heterocycles. The predicted octanol–water partition coefficient (Wildman–Crippen LogP) is 1.59. The molecule has 0 bridgehead atoms. The van der Waals surface area contributed by atoms with E-state index in [4.69, 9.17) is 5.73 Å². The number of nitrogen functional groups attached to an aromatic ring is 1. The Labute approximate surface area is 76.4 Å². The summed E-state index contributed by atoms with van der Waals surface area (Å²) in [5, 5.41) is 5.17. The largest absolute Gasteiger partial charge is 0.382 e. The first-order valence-corrected chi connectivity index (χ1v) is 4.28. The lowest BCUT2D eigenvalue weighted by Crippen LogP contribution is -2.02. The maximum absolute atomic E-state index is 5.74. The summed E-state index contributed by atoms with van der Waals surface area (Å²) < 4.78 is 1.91. The lowest BCUT2D eigenvalue weighted by Gasteiger charge is -2.05. The summed E-state index contributed by atoms with van der Waals surface area (Å²) in [6.45, 7) is 4.15. The Kier molecular flexibility index (Phi) is 1.69. The molecule has 0 saturated heterocycles. The summed E-state index contributed by atoms with van der Waals surface area (Å²) in [5.74, 6) is 0.553. The van der Waals surface area contributed by atoms with Gasteiger partial charge in [-0.3, -0.25) is 9.67 Å². The Balaban J connectivity index is 2.78. The highest BCUT2D eigenvalue weighted by Gasteiger charge is 2.08. The molecule has 0 aliphatic carbocycles. The molecular weight excluding hydrogens is 164 g/mol. The Hall–Kier alpha value is -1.58. The van der Waals surface area contributed by atoms with Crippen molar-refractivity contribution < 1.29 is 0 Å². The molecule has 4 heteroatoms. The van der Waals surface area contributed by atoms with Gasteiger partial charge in [0, 0.05) is 18.4 Å². The molecule has 4 nitrogen and oxygen atoms in total. The van der Waals surface area contributed by atoms with E-state index in [2.05, 4.69) is 23.9 Å². The second-order valence-electron chi connectivity index (χ2n) is 3.32. The van der Waals surface area contributed by atoms with Crippen LogP contribution in [0.3, 0.4) is 0 Å². The van der Waals surface area contributed by atoms with Gasteiger partial charge in [-0.05, 0) is 19.9 Å². The number of aromatic nitrogens is 3. The summed E-state index contributed by atoms with van der Waals surface area (Å²) in [6.07, 6.45) is 3.50. The highest BCUT2D eigenvalue weighted by atomic mass is 15.3. The molecule has 0 aliphatic rings. The molecule has 0 aromatic carbocycles. The van der Waals surface area contributed by atoms with Gasteiger partial charge in [0.05, 0.1) is 10.9 Å². The first-order valence-electron chi connectivity index (χ1n) is 4.28. The van der Waals surface area contributed by atoms with E-state index in [1.54, 1.807) is 12.4 Å². The van der Waals surface area contributed by atoms with Crippen molar-refractivity contribution in [3.05, 3.63) is 18.5 Å². The Morgan fingerprint density at radius 2 is 2.23 bits per heavy atom. The molecule has 2 aromatic rings. The topological polar surface area (TPSA) is 56.7 Å². The lowest BCUT2D eigenvalue weighted by molar-refractivity contribution is 0.553. The van der Waals surface area contributed by atoms with Crippen LogP contribution < -0.4 is 5.73 Å². The van der Waals surface area contributed by atoms with Crippen molar-refractivity contribution in [1.82, 2.24) is 14.8 Å². The van der Waals surface area contributed by atoms with E-state index in [1.165, 1.54) is 0 Å². The summed E-state index contributed by atoms with van der Waals surface area (Å²) in [5.41, 5.74) is 6.79. The van der Waals surface area contributed by atoms with Crippen LogP contribution in [-0.2, 0) is 0 Å². The van der Waals surface area contributed by atoms with Crippen molar-refractivity contribution in [2.24, 2.45) is 0 Å². The number of fused-ring (bicyclic) bond motifs is 1. The lowest BCUT2D eigenvalue weighted by atomic mass is 10.3. The van der Waals surface area contributed by atoms with Crippen molar-refractivity contribution in [2.75, 3.05) is 5.73 Å². The summed E-state index contributed by atoms with van der Waals surface area (Å²) in [4.78, 5) is 4.01. The van der Waals surface area contributed by atoms with Gasteiger partial charge >= 0.3 is 0 Å². The van der Waals surface area contributed by atoms with Crippen molar-refractivity contribution in [1.29, 1.82) is 0 Å². The molecule has 13 heavy (non-hydrogen) atoms. The molecule has 2 heterocycles. The van der Waals surface area contributed by atoms with Crippen molar-refractivity contribution in [2.45, 2.75) is 19.9 Å². The zero-order chi connectivity index (χ0) is 9.42. The Morgan fingerprint density at radius 1 is 1.46 bits per heavy atom. The minimum absolute atomic E-state index is 0.321. The molecule has 68 valence electrons. The third-order valence-corrected chi connectivity index (χ3v) is 2.03. The van der Waals surface area contributed by atoms with E-state index in [0.29, 0.717) is 11.9 Å². The maximum atomic E-state index is 5.74. The average molecular weight is 176 g/mol. The highest BCUT2D eigenvalue weighted by Crippen LogP contribution is 2.21. The summed E-state index contributed by atoms with van der Waals surface area (Å²) >= 11 is 0. The molecule has 0 radical (unpaired) electrons. The first-order chi connectivity index (χ1) is 6.20. The van der Waals surface area contributed by atoms with Crippen LogP contribution >= 0.6 is 0 Å². The second kappa shape index (κ2) is 2.73. The van der Waals surface area contributed by atoms with Crippen LogP contribution in [0.1, 0.15) is 19.9 Å². The van der Waals surface area contributed by atoms with Gasteiger partial charge in [0.15, 0.2) is 5.82 Å². The third kappa shape index (κ3) is 1.14. The van der Waals surface area contributed by atoms with Gasteiger partial charge in [0.25, 0.3) is 0 Å². The van der Waals surface area contributed by atoms with Crippen molar-refractivity contribution >= 4 is 16.7 Å². The molecule has 0 spiro atoms. The van der Waals surface area contributed by atoms with E-state index < -0.39 is 0 Å².